The van der Waals surface area contributed by atoms with Crippen molar-refractivity contribution in [1.29, 1.82) is 0 Å². The predicted octanol–water partition coefficient (Wildman–Crippen LogP) is 5.43. The van der Waals surface area contributed by atoms with Crippen LogP contribution in [0.2, 0.25) is 0 Å². The van der Waals surface area contributed by atoms with Crippen molar-refractivity contribution in [2.45, 2.75) is 26.1 Å². The summed E-state index contributed by atoms with van der Waals surface area (Å²) in [7, 11) is 1.59. The molecule has 3 aromatic rings. The smallest absolute Gasteiger partial charge is 0.258 e. The van der Waals surface area contributed by atoms with Gasteiger partial charge < -0.3 is 20.1 Å². The second kappa shape index (κ2) is 13.1. The summed E-state index contributed by atoms with van der Waals surface area (Å²) in [4.78, 5) is 12.2. The molecular weight excluding hydrogens is 492 g/mol. The van der Waals surface area contributed by atoms with Gasteiger partial charge in [0, 0.05) is 19.1 Å². The van der Waals surface area contributed by atoms with Crippen molar-refractivity contribution in [3.05, 3.63) is 94.0 Å². The molecule has 3 aromatic carbocycles. The van der Waals surface area contributed by atoms with E-state index in [9.17, 15) is 4.79 Å². The van der Waals surface area contributed by atoms with Crippen LogP contribution in [0.15, 0.2) is 77.3 Å². The minimum Gasteiger partial charge on any atom is -0.493 e. The van der Waals surface area contributed by atoms with Gasteiger partial charge in [0.05, 0.1) is 11.6 Å². The van der Waals surface area contributed by atoms with Crippen LogP contribution in [-0.2, 0) is 17.9 Å². The van der Waals surface area contributed by atoms with E-state index in [1.807, 2.05) is 60.7 Å². The van der Waals surface area contributed by atoms with Crippen LogP contribution in [0.25, 0.3) is 0 Å². The molecule has 0 aliphatic rings. The third kappa shape index (κ3) is 7.55. The summed E-state index contributed by atoms with van der Waals surface area (Å²) in [5, 5.41) is 6.37. The standard InChI is InChI=1S/C25H27BrN2O3.ClH/c1-18(21-11-7-4-8-12-21)27-16-20-13-22(26)25(23(14-20)30-2)31-17-24(29)28-15-19-9-5-3-6-10-19;/h3-14,18,27H,15-17H2,1-2H3,(H,28,29);1H. The number of amides is 1. The Morgan fingerprint density at radius 1 is 0.969 bits per heavy atom. The molecule has 3 rings (SSSR count). The number of hydrogen-bond acceptors (Lipinski definition) is 4. The normalized spacial score (nSPS) is 11.2. The Hall–Kier alpha value is -2.54. The summed E-state index contributed by atoms with van der Waals surface area (Å²) < 4.78 is 12.0. The van der Waals surface area contributed by atoms with Gasteiger partial charge in [0.25, 0.3) is 5.91 Å². The highest BCUT2D eigenvalue weighted by Crippen LogP contribution is 2.36. The highest BCUT2D eigenvalue weighted by atomic mass is 79.9. The molecule has 0 fully saturated rings. The zero-order valence-corrected chi connectivity index (χ0v) is 20.5. The molecule has 32 heavy (non-hydrogen) atoms. The molecule has 0 aliphatic carbocycles. The number of carbonyl (C=O) groups excluding carboxylic acids is 1. The number of methoxy groups -OCH3 is 1. The Labute approximate surface area is 204 Å². The van der Waals surface area contributed by atoms with Gasteiger partial charge in [-0.25, -0.2) is 0 Å². The zero-order valence-electron chi connectivity index (χ0n) is 18.1. The van der Waals surface area contributed by atoms with E-state index < -0.39 is 0 Å². The fourth-order valence-electron chi connectivity index (χ4n) is 3.13. The number of halogens is 2. The molecule has 170 valence electrons. The first-order chi connectivity index (χ1) is 15.1. The van der Waals surface area contributed by atoms with E-state index in [2.05, 4.69) is 45.6 Å². The van der Waals surface area contributed by atoms with Crippen molar-refractivity contribution in [2.75, 3.05) is 13.7 Å². The van der Waals surface area contributed by atoms with Crippen LogP contribution in [0.5, 0.6) is 11.5 Å². The third-order valence-electron chi connectivity index (χ3n) is 4.88. The number of hydrogen-bond donors (Lipinski definition) is 2. The van der Waals surface area contributed by atoms with Crippen molar-refractivity contribution < 1.29 is 14.3 Å². The van der Waals surface area contributed by atoms with Gasteiger partial charge >= 0.3 is 0 Å². The summed E-state index contributed by atoms with van der Waals surface area (Å²) in [6, 6.07) is 24.2. The van der Waals surface area contributed by atoms with Gasteiger partial charge in [0.2, 0.25) is 0 Å². The maximum Gasteiger partial charge on any atom is 0.258 e. The lowest BCUT2D eigenvalue weighted by atomic mass is 10.1. The fraction of sp³-hybridized carbons (Fsp3) is 0.240. The maximum absolute atomic E-state index is 12.2. The number of benzene rings is 3. The van der Waals surface area contributed by atoms with Gasteiger partial charge in [-0.2, -0.15) is 0 Å². The Kier molecular flexibility index (Phi) is 10.5. The Bertz CT molecular complexity index is 987. The molecule has 0 saturated carbocycles. The van der Waals surface area contributed by atoms with Crippen LogP contribution in [-0.4, -0.2) is 19.6 Å². The van der Waals surface area contributed by atoms with Crippen molar-refractivity contribution in [3.8, 4) is 11.5 Å². The predicted molar refractivity (Wildman–Crippen MR) is 133 cm³/mol. The first kappa shape index (κ1) is 25.7. The summed E-state index contributed by atoms with van der Waals surface area (Å²) in [6.07, 6.45) is 0. The van der Waals surface area contributed by atoms with Gasteiger partial charge in [0.15, 0.2) is 18.1 Å². The van der Waals surface area contributed by atoms with E-state index in [-0.39, 0.29) is 31.0 Å². The quantitative estimate of drug-likeness (QED) is 0.375. The molecule has 0 bridgehead atoms. The second-order valence-electron chi connectivity index (χ2n) is 7.17. The van der Waals surface area contributed by atoms with Crippen molar-refractivity contribution >= 4 is 34.2 Å². The number of ether oxygens (including phenoxy) is 2. The van der Waals surface area contributed by atoms with E-state index in [1.54, 1.807) is 7.11 Å². The zero-order chi connectivity index (χ0) is 22.1. The van der Waals surface area contributed by atoms with Crippen LogP contribution >= 0.6 is 28.3 Å². The molecule has 1 unspecified atom stereocenters. The summed E-state index contributed by atoms with van der Waals surface area (Å²) in [6.45, 7) is 3.17. The van der Waals surface area contributed by atoms with Crippen LogP contribution in [0.1, 0.15) is 29.7 Å². The summed E-state index contributed by atoms with van der Waals surface area (Å²) >= 11 is 3.55. The SMILES string of the molecule is COc1cc(CNC(C)c2ccccc2)cc(Br)c1OCC(=O)NCc1ccccc1.Cl. The largest absolute Gasteiger partial charge is 0.493 e. The lowest BCUT2D eigenvalue weighted by Crippen LogP contribution is -2.28. The van der Waals surface area contributed by atoms with Gasteiger partial charge in [-0.1, -0.05) is 60.7 Å². The van der Waals surface area contributed by atoms with Crippen molar-refractivity contribution in [1.82, 2.24) is 10.6 Å². The number of carbonyl (C=O) groups is 1. The average molecular weight is 520 g/mol. The fourth-order valence-corrected chi connectivity index (χ4v) is 3.74. The summed E-state index contributed by atoms with van der Waals surface area (Å²) in [5.41, 5.74) is 3.32. The Morgan fingerprint density at radius 2 is 1.62 bits per heavy atom. The first-order valence-corrected chi connectivity index (χ1v) is 10.9. The monoisotopic (exact) mass is 518 g/mol. The third-order valence-corrected chi connectivity index (χ3v) is 5.47. The minimum atomic E-state index is -0.194. The molecule has 0 heterocycles. The van der Waals surface area contributed by atoms with Crippen molar-refractivity contribution in [2.24, 2.45) is 0 Å². The topological polar surface area (TPSA) is 59.6 Å². The van der Waals surface area contributed by atoms with Crippen LogP contribution in [0, 0.1) is 0 Å². The Morgan fingerprint density at radius 3 is 2.28 bits per heavy atom. The number of rotatable bonds is 10. The lowest BCUT2D eigenvalue weighted by molar-refractivity contribution is -0.123. The molecule has 2 N–H and O–H groups in total. The highest BCUT2D eigenvalue weighted by molar-refractivity contribution is 9.10. The van der Waals surface area contributed by atoms with E-state index in [0.717, 1.165) is 15.6 Å². The van der Waals surface area contributed by atoms with Gasteiger partial charge in [-0.3, -0.25) is 4.79 Å². The Balaban J connectivity index is 0.00000363. The molecule has 0 spiro atoms. The van der Waals surface area contributed by atoms with Gasteiger partial charge in [-0.05, 0) is 51.7 Å². The maximum atomic E-state index is 12.2. The first-order valence-electron chi connectivity index (χ1n) is 10.1. The van der Waals surface area contributed by atoms with Gasteiger partial charge in [0.1, 0.15) is 0 Å². The lowest BCUT2D eigenvalue weighted by Gasteiger charge is -2.17. The molecule has 5 nitrogen and oxygen atoms in total. The molecule has 0 saturated heterocycles. The minimum absolute atomic E-state index is 0. The van der Waals surface area contributed by atoms with E-state index in [4.69, 9.17) is 9.47 Å². The summed E-state index contributed by atoms with van der Waals surface area (Å²) in [5.74, 6) is 0.895. The van der Waals surface area contributed by atoms with E-state index in [0.29, 0.717) is 24.6 Å². The van der Waals surface area contributed by atoms with E-state index >= 15 is 0 Å². The van der Waals surface area contributed by atoms with Crippen LogP contribution in [0.3, 0.4) is 0 Å². The van der Waals surface area contributed by atoms with E-state index in [1.165, 1.54) is 5.56 Å². The molecule has 1 atom stereocenters. The average Bonchev–Trinajstić information content (AvgIpc) is 2.81. The molecule has 0 aromatic heterocycles. The van der Waals surface area contributed by atoms with Crippen LogP contribution < -0.4 is 20.1 Å². The molecule has 1 amide bonds. The number of nitrogens with one attached hydrogen (secondary N) is 2. The highest BCUT2D eigenvalue weighted by Gasteiger charge is 2.14. The van der Waals surface area contributed by atoms with Crippen LogP contribution in [0.4, 0.5) is 0 Å². The molecule has 0 aliphatic heterocycles. The molecule has 7 heteroatoms. The van der Waals surface area contributed by atoms with Crippen molar-refractivity contribution in [3.63, 3.8) is 0 Å². The second-order valence-corrected chi connectivity index (χ2v) is 8.03. The molecule has 0 radical (unpaired) electrons. The van der Waals surface area contributed by atoms with Gasteiger partial charge in [-0.15, -0.1) is 12.4 Å². The molecular formula is C25H28BrClN2O3.